The van der Waals surface area contributed by atoms with Gasteiger partial charge in [0.1, 0.15) is 0 Å². The lowest BCUT2D eigenvalue weighted by Crippen LogP contribution is -2.61. The fraction of sp³-hybridized carbons (Fsp3) is 1.00. The lowest BCUT2D eigenvalue weighted by molar-refractivity contribution is 0.0400. The number of likely N-dealkylation sites (tertiary alicyclic amines) is 1. The largest absolute Gasteiger partial charge is 0.329 e. The highest BCUT2D eigenvalue weighted by atomic mass is 15.3. The summed E-state index contributed by atoms with van der Waals surface area (Å²) in [7, 11) is 6.53. The quantitative estimate of drug-likeness (QED) is 0.742. The first-order valence-corrected chi connectivity index (χ1v) is 7.99. The summed E-state index contributed by atoms with van der Waals surface area (Å²) in [5.74, 6) is 0. The van der Waals surface area contributed by atoms with E-state index in [-0.39, 0.29) is 5.54 Å². The number of nitrogens with zero attached hydrogens (tertiary/aromatic N) is 4. The van der Waals surface area contributed by atoms with E-state index in [4.69, 9.17) is 5.73 Å². The van der Waals surface area contributed by atoms with Gasteiger partial charge in [0.25, 0.3) is 0 Å². The highest BCUT2D eigenvalue weighted by Crippen LogP contribution is 2.31. The van der Waals surface area contributed by atoms with Crippen LogP contribution in [0.15, 0.2) is 0 Å². The average Bonchev–Trinajstić information content (AvgIpc) is 2.73. The van der Waals surface area contributed by atoms with Gasteiger partial charge in [-0.05, 0) is 34.5 Å². The first-order valence-electron chi connectivity index (χ1n) is 7.99. The summed E-state index contributed by atoms with van der Waals surface area (Å²) in [5.41, 5.74) is 6.39. The molecule has 0 amide bonds. The molecule has 2 aliphatic rings. The molecule has 2 saturated heterocycles. The van der Waals surface area contributed by atoms with Crippen molar-refractivity contribution in [1.29, 1.82) is 0 Å². The van der Waals surface area contributed by atoms with Crippen molar-refractivity contribution in [3.05, 3.63) is 0 Å². The van der Waals surface area contributed by atoms with Gasteiger partial charge in [-0.1, -0.05) is 0 Å². The standard InChI is InChI=1S/C15H33N5/c1-14-11-15(12-16,13-18(14)4)20-9-7-19(8-10-20)6-5-17(2)3/h14H,5-13,16H2,1-4H3. The van der Waals surface area contributed by atoms with Crippen LogP contribution in [0, 0.1) is 0 Å². The second-order valence-corrected chi connectivity index (χ2v) is 7.03. The zero-order valence-corrected chi connectivity index (χ0v) is 13.8. The molecule has 2 aliphatic heterocycles. The van der Waals surface area contributed by atoms with E-state index in [1.54, 1.807) is 0 Å². The fourth-order valence-corrected chi connectivity index (χ4v) is 3.68. The van der Waals surface area contributed by atoms with E-state index in [2.05, 4.69) is 47.7 Å². The molecule has 0 bridgehead atoms. The normalized spacial score (nSPS) is 34.2. The van der Waals surface area contributed by atoms with Crippen LogP contribution in [0.2, 0.25) is 0 Å². The Labute approximate surface area is 124 Å². The first kappa shape index (κ1) is 16.2. The molecule has 0 aromatic heterocycles. The van der Waals surface area contributed by atoms with Crippen molar-refractivity contribution in [3.8, 4) is 0 Å². The van der Waals surface area contributed by atoms with Gasteiger partial charge >= 0.3 is 0 Å². The van der Waals surface area contributed by atoms with Gasteiger partial charge < -0.3 is 15.5 Å². The van der Waals surface area contributed by atoms with Gasteiger partial charge in [0.05, 0.1) is 0 Å². The van der Waals surface area contributed by atoms with Crippen molar-refractivity contribution < 1.29 is 0 Å². The molecule has 5 heteroatoms. The van der Waals surface area contributed by atoms with Crippen LogP contribution in [0.1, 0.15) is 13.3 Å². The third kappa shape index (κ3) is 3.52. The van der Waals surface area contributed by atoms with E-state index in [1.807, 2.05) is 0 Å². The van der Waals surface area contributed by atoms with E-state index in [0.29, 0.717) is 6.04 Å². The Bertz CT molecular complexity index is 289. The van der Waals surface area contributed by atoms with Crippen molar-refractivity contribution in [2.45, 2.75) is 24.9 Å². The van der Waals surface area contributed by atoms with Crippen molar-refractivity contribution in [1.82, 2.24) is 19.6 Å². The Morgan fingerprint density at radius 2 is 1.85 bits per heavy atom. The minimum Gasteiger partial charge on any atom is -0.329 e. The molecule has 2 unspecified atom stereocenters. The molecule has 0 aromatic carbocycles. The second kappa shape index (κ2) is 6.71. The minimum absolute atomic E-state index is 0.224. The number of nitrogens with two attached hydrogens (primary N) is 1. The van der Waals surface area contributed by atoms with Gasteiger partial charge in [0, 0.05) is 63.9 Å². The smallest absolute Gasteiger partial charge is 0.0474 e. The van der Waals surface area contributed by atoms with E-state index >= 15 is 0 Å². The van der Waals surface area contributed by atoms with Crippen LogP contribution in [0.25, 0.3) is 0 Å². The van der Waals surface area contributed by atoms with Gasteiger partial charge in [-0.3, -0.25) is 9.80 Å². The van der Waals surface area contributed by atoms with Crippen molar-refractivity contribution in [2.75, 3.05) is 73.5 Å². The molecular formula is C15H33N5. The number of likely N-dealkylation sites (N-methyl/N-ethyl adjacent to an activating group) is 2. The number of rotatable bonds is 5. The Kier molecular flexibility index (Phi) is 5.42. The fourth-order valence-electron chi connectivity index (χ4n) is 3.68. The van der Waals surface area contributed by atoms with Crippen LogP contribution in [0.4, 0.5) is 0 Å². The van der Waals surface area contributed by atoms with Crippen LogP contribution in [0.3, 0.4) is 0 Å². The summed E-state index contributed by atoms with van der Waals surface area (Å²) in [5, 5.41) is 0. The topological polar surface area (TPSA) is 39.0 Å². The highest BCUT2D eigenvalue weighted by molar-refractivity contribution is 5.03. The van der Waals surface area contributed by atoms with Gasteiger partial charge in [-0.2, -0.15) is 0 Å². The molecule has 0 aromatic rings. The van der Waals surface area contributed by atoms with Crippen molar-refractivity contribution >= 4 is 0 Å². The monoisotopic (exact) mass is 283 g/mol. The van der Waals surface area contributed by atoms with Crippen LogP contribution in [0.5, 0.6) is 0 Å². The van der Waals surface area contributed by atoms with Gasteiger partial charge in [0.2, 0.25) is 0 Å². The molecule has 2 atom stereocenters. The highest BCUT2D eigenvalue weighted by Gasteiger charge is 2.44. The van der Waals surface area contributed by atoms with Gasteiger partial charge in [-0.15, -0.1) is 0 Å². The van der Waals surface area contributed by atoms with E-state index < -0.39 is 0 Å². The summed E-state index contributed by atoms with van der Waals surface area (Å²) in [4.78, 5) is 9.98. The van der Waals surface area contributed by atoms with Gasteiger partial charge in [0.15, 0.2) is 0 Å². The van der Waals surface area contributed by atoms with Crippen LogP contribution in [-0.4, -0.2) is 105 Å². The molecule has 118 valence electrons. The van der Waals surface area contributed by atoms with Crippen molar-refractivity contribution in [3.63, 3.8) is 0 Å². The van der Waals surface area contributed by atoms with E-state index in [0.717, 1.165) is 19.6 Å². The lowest BCUT2D eigenvalue weighted by atomic mass is 9.93. The molecule has 20 heavy (non-hydrogen) atoms. The zero-order chi connectivity index (χ0) is 14.8. The second-order valence-electron chi connectivity index (χ2n) is 7.03. The molecule has 2 N–H and O–H groups in total. The van der Waals surface area contributed by atoms with E-state index in [9.17, 15) is 0 Å². The van der Waals surface area contributed by atoms with Crippen molar-refractivity contribution in [2.24, 2.45) is 5.73 Å². The maximum Gasteiger partial charge on any atom is 0.0474 e. The molecule has 5 nitrogen and oxygen atoms in total. The summed E-state index contributed by atoms with van der Waals surface area (Å²) >= 11 is 0. The maximum absolute atomic E-state index is 6.17. The summed E-state index contributed by atoms with van der Waals surface area (Å²) in [6.45, 7) is 11.3. The third-order valence-electron chi connectivity index (χ3n) is 5.26. The molecular weight excluding hydrogens is 250 g/mol. The van der Waals surface area contributed by atoms with Crippen LogP contribution >= 0.6 is 0 Å². The molecule has 0 radical (unpaired) electrons. The Hall–Kier alpha value is -0.200. The molecule has 2 rings (SSSR count). The summed E-state index contributed by atoms with van der Waals surface area (Å²) in [6.07, 6.45) is 1.22. The third-order valence-corrected chi connectivity index (χ3v) is 5.26. The number of hydrogen-bond donors (Lipinski definition) is 1. The molecule has 0 aliphatic carbocycles. The molecule has 0 saturated carbocycles. The number of piperazine rings is 1. The Balaban J connectivity index is 1.86. The minimum atomic E-state index is 0.224. The number of hydrogen-bond acceptors (Lipinski definition) is 5. The van der Waals surface area contributed by atoms with Crippen LogP contribution in [-0.2, 0) is 0 Å². The maximum atomic E-state index is 6.17. The summed E-state index contributed by atoms with van der Waals surface area (Å²) in [6, 6.07) is 0.658. The zero-order valence-electron chi connectivity index (χ0n) is 13.8. The molecule has 2 fully saturated rings. The van der Waals surface area contributed by atoms with Gasteiger partial charge in [-0.25, -0.2) is 0 Å². The predicted molar refractivity (Wildman–Crippen MR) is 85.1 cm³/mol. The SMILES string of the molecule is CC1CC(CN)(N2CCN(CCN(C)C)CC2)CN1C. The summed E-state index contributed by atoms with van der Waals surface area (Å²) < 4.78 is 0. The first-order chi connectivity index (χ1) is 9.47. The predicted octanol–water partition coefficient (Wildman–Crippen LogP) is -0.413. The lowest BCUT2D eigenvalue weighted by Gasteiger charge is -2.45. The van der Waals surface area contributed by atoms with E-state index in [1.165, 1.54) is 39.1 Å². The van der Waals surface area contributed by atoms with Crippen LogP contribution < -0.4 is 5.73 Å². The molecule has 0 spiro atoms. The Morgan fingerprint density at radius 1 is 1.20 bits per heavy atom. The average molecular weight is 283 g/mol. The Morgan fingerprint density at radius 3 is 2.30 bits per heavy atom. The molecule has 2 heterocycles.